The highest BCUT2D eigenvalue weighted by molar-refractivity contribution is 5.81. The van der Waals surface area contributed by atoms with Gasteiger partial charge in [0.15, 0.2) is 0 Å². The minimum Gasteiger partial charge on any atom is -0.341 e. The zero-order valence-corrected chi connectivity index (χ0v) is 8.96. The van der Waals surface area contributed by atoms with Gasteiger partial charge >= 0.3 is 0 Å². The lowest BCUT2D eigenvalue weighted by atomic mass is 10.2. The number of likely N-dealkylation sites (N-methyl/N-ethyl adjacent to an activating group) is 1. The first kappa shape index (κ1) is 9.97. The summed E-state index contributed by atoms with van der Waals surface area (Å²) in [5.41, 5.74) is 0. The standard InChI is InChI=1S/C11H20N2O/c1-2-13(11(14)9-5-6-9)8-10-4-3-7-12-10/h9-10,12H,2-8H2,1H3. The fraction of sp³-hybridized carbons (Fsp3) is 0.909. The Kier molecular flexibility index (Phi) is 3.06. The molecule has 0 aromatic heterocycles. The smallest absolute Gasteiger partial charge is 0.225 e. The van der Waals surface area contributed by atoms with E-state index in [1.165, 1.54) is 12.8 Å². The van der Waals surface area contributed by atoms with Crippen LogP contribution < -0.4 is 5.32 Å². The van der Waals surface area contributed by atoms with E-state index < -0.39 is 0 Å². The summed E-state index contributed by atoms with van der Waals surface area (Å²) in [7, 11) is 0. The summed E-state index contributed by atoms with van der Waals surface area (Å²) < 4.78 is 0. The van der Waals surface area contributed by atoms with Gasteiger partial charge in [-0.3, -0.25) is 4.79 Å². The average molecular weight is 196 g/mol. The highest BCUT2D eigenvalue weighted by atomic mass is 16.2. The largest absolute Gasteiger partial charge is 0.341 e. The third-order valence-corrected chi connectivity index (χ3v) is 3.22. The van der Waals surface area contributed by atoms with E-state index in [1.807, 2.05) is 4.90 Å². The summed E-state index contributed by atoms with van der Waals surface area (Å²) >= 11 is 0. The first-order chi connectivity index (χ1) is 6.81. The van der Waals surface area contributed by atoms with Gasteiger partial charge in [0.1, 0.15) is 0 Å². The van der Waals surface area contributed by atoms with E-state index in [1.54, 1.807) is 0 Å². The second-order valence-corrected chi connectivity index (χ2v) is 4.44. The third-order valence-electron chi connectivity index (χ3n) is 3.22. The first-order valence-electron chi connectivity index (χ1n) is 5.83. The van der Waals surface area contributed by atoms with Crippen molar-refractivity contribution in [2.45, 2.75) is 38.6 Å². The zero-order valence-electron chi connectivity index (χ0n) is 8.96. The predicted octanol–water partition coefficient (Wildman–Crippen LogP) is 0.997. The molecule has 1 saturated carbocycles. The number of hydrogen-bond acceptors (Lipinski definition) is 2. The number of amides is 1. The van der Waals surface area contributed by atoms with E-state index in [-0.39, 0.29) is 0 Å². The van der Waals surface area contributed by atoms with E-state index in [2.05, 4.69) is 12.2 Å². The van der Waals surface area contributed by atoms with Gasteiger partial charge < -0.3 is 10.2 Å². The predicted molar refractivity (Wildman–Crippen MR) is 56.0 cm³/mol. The van der Waals surface area contributed by atoms with Gasteiger partial charge in [-0.05, 0) is 39.2 Å². The average Bonchev–Trinajstić information content (AvgIpc) is 2.93. The van der Waals surface area contributed by atoms with Gasteiger partial charge in [0, 0.05) is 25.0 Å². The van der Waals surface area contributed by atoms with E-state index in [4.69, 9.17) is 0 Å². The molecule has 0 spiro atoms. The van der Waals surface area contributed by atoms with Crippen LogP contribution >= 0.6 is 0 Å². The fourth-order valence-electron chi connectivity index (χ4n) is 2.14. The minimum atomic E-state index is 0.372. The summed E-state index contributed by atoms with van der Waals surface area (Å²) in [5.74, 6) is 0.762. The van der Waals surface area contributed by atoms with Crippen molar-refractivity contribution in [1.82, 2.24) is 10.2 Å². The van der Waals surface area contributed by atoms with Crippen molar-refractivity contribution in [1.29, 1.82) is 0 Å². The summed E-state index contributed by atoms with van der Waals surface area (Å²) in [4.78, 5) is 13.9. The van der Waals surface area contributed by atoms with Crippen molar-refractivity contribution in [2.24, 2.45) is 5.92 Å². The number of hydrogen-bond donors (Lipinski definition) is 1. The second-order valence-electron chi connectivity index (χ2n) is 4.44. The molecule has 3 heteroatoms. The Morgan fingerprint density at radius 1 is 1.43 bits per heavy atom. The van der Waals surface area contributed by atoms with Crippen LogP contribution in [0.3, 0.4) is 0 Å². The van der Waals surface area contributed by atoms with Crippen molar-refractivity contribution < 1.29 is 4.79 Å². The van der Waals surface area contributed by atoms with Crippen LogP contribution in [0.1, 0.15) is 32.6 Å². The Hall–Kier alpha value is -0.570. The first-order valence-corrected chi connectivity index (χ1v) is 5.83. The second kappa shape index (κ2) is 4.30. The minimum absolute atomic E-state index is 0.372. The molecule has 1 N–H and O–H groups in total. The van der Waals surface area contributed by atoms with Crippen LogP contribution in [0, 0.1) is 5.92 Å². The summed E-state index contributed by atoms with van der Waals surface area (Å²) in [5, 5.41) is 3.44. The molecule has 0 bridgehead atoms. The Bertz CT molecular complexity index is 207. The van der Waals surface area contributed by atoms with Crippen LogP contribution in [0.15, 0.2) is 0 Å². The lowest BCUT2D eigenvalue weighted by Gasteiger charge is -2.24. The molecule has 1 aliphatic carbocycles. The quantitative estimate of drug-likeness (QED) is 0.727. The van der Waals surface area contributed by atoms with Crippen molar-refractivity contribution in [3.63, 3.8) is 0 Å². The normalized spacial score (nSPS) is 26.5. The molecular weight excluding hydrogens is 176 g/mol. The molecule has 1 heterocycles. The maximum absolute atomic E-state index is 11.8. The van der Waals surface area contributed by atoms with Gasteiger partial charge in [0.05, 0.1) is 0 Å². The van der Waals surface area contributed by atoms with Gasteiger partial charge in [-0.15, -0.1) is 0 Å². The monoisotopic (exact) mass is 196 g/mol. The lowest BCUT2D eigenvalue weighted by Crippen LogP contribution is -2.41. The number of carbonyl (C=O) groups is 1. The van der Waals surface area contributed by atoms with Crippen LogP contribution in [0.5, 0.6) is 0 Å². The Labute approximate surface area is 85.8 Å². The van der Waals surface area contributed by atoms with Crippen LogP contribution in [0.25, 0.3) is 0 Å². The molecule has 80 valence electrons. The molecule has 2 aliphatic rings. The van der Waals surface area contributed by atoms with E-state index in [0.717, 1.165) is 32.5 Å². The van der Waals surface area contributed by atoms with Gasteiger partial charge in [0.25, 0.3) is 0 Å². The number of nitrogens with one attached hydrogen (secondary N) is 1. The molecular formula is C11H20N2O. The van der Waals surface area contributed by atoms with Crippen molar-refractivity contribution in [3.05, 3.63) is 0 Å². The lowest BCUT2D eigenvalue weighted by molar-refractivity contribution is -0.132. The molecule has 1 amide bonds. The van der Waals surface area contributed by atoms with Crippen molar-refractivity contribution in [3.8, 4) is 0 Å². The maximum Gasteiger partial charge on any atom is 0.225 e. The number of nitrogens with zero attached hydrogens (tertiary/aromatic N) is 1. The van der Waals surface area contributed by atoms with Crippen LogP contribution in [-0.2, 0) is 4.79 Å². The molecule has 1 aliphatic heterocycles. The highest BCUT2D eigenvalue weighted by Gasteiger charge is 2.33. The summed E-state index contributed by atoms with van der Waals surface area (Å²) in [6.45, 7) is 4.99. The summed E-state index contributed by atoms with van der Waals surface area (Å²) in [6, 6.07) is 0.553. The molecule has 1 atom stereocenters. The Morgan fingerprint density at radius 2 is 2.21 bits per heavy atom. The van der Waals surface area contributed by atoms with E-state index in [9.17, 15) is 4.79 Å². The Balaban J connectivity index is 1.81. The highest BCUT2D eigenvalue weighted by Crippen LogP contribution is 2.31. The van der Waals surface area contributed by atoms with Gasteiger partial charge in [0.2, 0.25) is 5.91 Å². The van der Waals surface area contributed by atoms with Crippen LogP contribution in [0.4, 0.5) is 0 Å². The molecule has 0 aromatic rings. The molecule has 0 aromatic carbocycles. The number of carbonyl (C=O) groups excluding carboxylic acids is 1. The van der Waals surface area contributed by atoms with Crippen molar-refractivity contribution in [2.75, 3.05) is 19.6 Å². The van der Waals surface area contributed by atoms with E-state index in [0.29, 0.717) is 17.9 Å². The third kappa shape index (κ3) is 2.27. The molecule has 2 fully saturated rings. The molecule has 2 rings (SSSR count). The summed E-state index contributed by atoms with van der Waals surface area (Å²) in [6.07, 6.45) is 4.73. The van der Waals surface area contributed by atoms with Gasteiger partial charge in [-0.25, -0.2) is 0 Å². The van der Waals surface area contributed by atoms with Crippen LogP contribution in [-0.4, -0.2) is 36.5 Å². The topological polar surface area (TPSA) is 32.3 Å². The maximum atomic E-state index is 11.8. The van der Waals surface area contributed by atoms with Crippen molar-refractivity contribution >= 4 is 5.91 Å². The number of rotatable bonds is 4. The molecule has 14 heavy (non-hydrogen) atoms. The zero-order chi connectivity index (χ0) is 9.97. The molecule has 0 radical (unpaired) electrons. The van der Waals surface area contributed by atoms with Crippen LogP contribution in [0.2, 0.25) is 0 Å². The molecule has 1 unspecified atom stereocenters. The van der Waals surface area contributed by atoms with Gasteiger partial charge in [-0.2, -0.15) is 0 Å². The van der Waals surface area contributed by atoms with Gasteiger partial charge in [-0.1, -0.05) is 0 Å². The molecule has 3 nitrogen and oxygen atoms in total. The van der Waals surface area contributed by atoms with E-state index >= 15 is 0 Å². The Morgan fingerprint density at radius 3 is 2.71 bits per heavy atom. The SMILES string of the molecule is CCN(CC1CCCN1)C(=O)C1CC1. The fourth-order valence-corrected chi connectivity index (χ4v) is 2.14. The molecule has 1 saturated heterocycles.